The zero-order valence-electron chi connectivity index (χ0n) is 15.8. The summed E-state index contributed by atoms with van der Waals surface area (Å²) in [4.78, 5) is 23.6. The number of carbonyl (C=O) groups excluding carboxylic acids is 2. The van der Waals surface area contributed by atoms with Crippen LogP contribution in [0.4, 0.5) is 5.69 Å². The number of hydrogen-bond donors (Lipinski definition) is 1. The van der Waals surface area contributed by atoms with Crippen LogP contribution in [0, 0.1) is 0 Å². The lowest BCUT2D eigenvalue weighted by Gasteiger charge is -2.06. The lowest BCUT2D eigenvalue weighted by molar-refractivity contribution is -0.137. The molecule has 0 atom stereocenters. The van der Waals surface area contributed by atoms with Gasteiger partial charge in [0.25, 0.3) is 0 Å². The smallest absolute Gasteiger partial charge is 0.330 e. The summed E-state index contributed by atoms with van der Waals surface area (Å²) in [7, 11) is 0. The molecule has 2 heterocycles. The van der Waals surface area contributed by atoms with E-state index in [0.717, 1.165) is 11.3 Å². The first-order valence-corrected chi connectivity index (χ1v) is 9.90. The van der Waals surface area contributed by atoms with E-state index in [2.05, 4.69) is 15.5 Å². The molecule has 0 aliphatic rings. The molecular formula is C20H20N4O4S. The number of furan rings is 1. The summed E-state index contributed by atoms with van der Waals surface area (Å²) in [6, 6.07) is 10.8. The van der Waals surface area contributed by atoms with Crippen LogP contribution >= 0.6 is 11.8 Å². The molecule has 0 saturated carbocycles. The van der Waals surface area contributed by atoms with Crippen LogP contribution in [-0.4, -0.2) is 39.0 Å². The predicted octanol–water partition coefficient (Wildman–Crippen LogP) is 3.23. The Kier molecular flexibility index (Phi) is 7.23. The summed E-state index contributed by atoms with van der Waals surface area (Å²) in [6.45, 7) is 2.60. The van der Waals surface area contributed by atoms with Gasteiger partial charge < -0.3 is 19.0 Å². The fourth-order valence-corrected chi connectivity index (χ4v) is 3.11. The third-order valence-electron chi connectivity index (χ3n) is 3.71. The summed E-state index contributed by atoms with van der Waals surface area (Å²) < 4.78 is 12.0. The number of hydrogen-bond acceptors (Lipinski definition) is 7. The van der Waals surface area contributed by atoms with E-state index in [9.17, 15) is 9.59 Å². The number of rotatable bonds is 9. The SMILES string of the molecule is CCOC(=O)/C=C/c1ccc(NC(=O)CSc2nncn2Cc2ccco2)cc1. The van der Waals surface area contributed by atoms with Gasteiger partial charge in [0.15, 0.2) is 5.16 Å². The molecule has 150 valence electrons. The second-order valence-electron chi connectivity index (χ2n) is 5.87. The maximum Gasteiger partial charge on any atom is 0.330 e. The zero-order chi connectivity index (χ0) is 20.5. The van der Waals surface area contributed by atoms with E-state index in [1.165, 1.54) is 17.8 Å². The Morgan fingerprint density at radius 2 is 2.10 bits per heavy atom. The van der Waals surface area contributed by atoms with Crippen LogP contribution in [0.3, 0.4) is 0 Å². The van der Waals surface area contributed by atoms with Gasteiger partial charge in [-0.2, -0.15) is 0 Å². The van der Waals surface area contributed by atoms with Crippen LogP contribution in [-0.2, 0) is 20.9 Å². The van der Waals surface area contributed by atoms with Crippen LogP contribution in [0.2, 0.25) is 0 Å². The highest BCUT2D eigenvalue weighted by Crippen LogP contribution is 2.17. The van der Waals surface area contributed by atoms with Crippen molar-refractivity contribution in [3.05, 3.63) is 66.4 Å². The van der Waals surface area contributed by atoms with Crippen molar-refractivity contribution in [3.8, 4) is 0 Å². The Bertz CT molecular complexity index is 965. The Hall–Kier alpha value is -3.33. The summed E-state index contributed by atoms with van der Waals surface area (Å²) >= 11 is 1.30. The largest absolute Gasteiger partial charge is 0.467 e. The summed E-state index contributed by atoms with van der Waals surface area (Å²) in [6.07, 6.45) is 6.24. The van der Waals surface area contributed by atoms with Gasteiger partial charge in [0.05, 0.1) is 25.2 Å². The molecule has 0 fully saturated rings. The van der Waals surface area contributed by atoms with E-state index < -0.39 is 0 Å². The number of amides is 1. The normalized spacial score (nSPS) is 10.9. The van der Waals surface area contributed by atoms with Gasteiger partial charge in [-0.15, -0.1) is 10.2 Å². The lowest BCUT2D eigenvalue weighted by atomic mass is 10.2. The Morgan fingerprint density at radius 3 is 2.83 bits per heavy atom. The van der Waals surface area contributed by atoms with Crippen molar-refractivity contribution in [1.82, 2.24) is 14.8 Å². The average Bonchev–Trinajstić information content (AvgIpc) is 3.38. The van der Waals surface area contributed by atoms with Gasteiger partial charge in [-0.1, -0.05) is 23.9 Å². The molecule has 2 aromatic heterocycles. The molecule has 8 nitrogen and oxygen atoms in total. The lowest BCUT2D eigenvalue weighted by Crippen LogP contribution is -2.14. The van der Waals surface area contributed by atoms with Crippen LogP contribution in [0.15, 0.2) is 64.6 Å². The van der Waals surface area contributed by atoms with Gasteiger partial charge in [0.1, 0.15) is 12.1 Å². The van der Waals surface area contributed by atoms with E-state index in [-0.39, 0.29) is 17.6 Å². The summed E-state index contributed by atoms with van der Waals surface area (Å²) in [5.41, 5.74) is 1.50. The number of benzene rings is 1. The van der Waals surface area contributed by atoms with Crippen molar-refractivity contribution in [1.29, 1.82) is 0 Å². The standard InChI is InChI=1S/C20H20N4O4S/c1-2-27-19(26)10-7-15-5-8-16(9-6-15)22-18(25)13-29-20-23-21-14-24(20)12-17-4-3-11-28-17/h3-11,14H,2,12-13H2,1H3,(H,22,25)/b10-7+. The minimum Gasteiger partial charge on any atom is -0.467 e. The topological polar surface area (TPSA) is 99.2 Å². The number of carbonyl (C=O) groups is 2. The van der Waals surface area contributed by atoms with Gasteiger partial charge in [0, 0.05) is 11.8 Å². The van der Waals surface area contributed by atoms with Gasteiger partial charge in [0.2, 0.25) is 5.91 Å². The first-order valence-electron chi connectivity index (χ1n) is 8.92. The third-order valence-corrected chi connectivity index (χ3v) is 4.69. The van der Waals surface area contributed by atoms with Gasteiger partial charge in [-0.3, -0.25) is 4.79 Å². The second-order valence-corrected chi connectivity index (χ2v) is 6.81. The molecule has 0 unspecified atom stereocenters. The van der Waals surface area contributed by atoms with E-state index >= 15 is 0 Å². The molecular weight excluding hydrogens is 392 g/mol. The summed E-state index contributed by atoms with van der Waals surface area (Å²) in [5.74, 6) is 0.439. The second kappa shape index (κ2) is 10.3. The Morgan fingerprint density at radius 1 is 1.28 bits per heavy atom. The fourth-order valence-electron chi connectivity index (χ4n) is 2.39. The monoisotopic (exact) mass is 412 g/mol. The van der Waals surface area contributed by atoms with Crippen molar-refractivity contribution in [2.75, 3.05) is 17.7 Å². The maximum atomic E-state index is 12.2. The molecule has 1 aromatic carbocycles. The molecule has 0 bridgehead atoms. The average molecular weight is 412 g/mol. The van der Waals surface area contributed by atoms with Gasteiger partial charge >= 0.3 is 5.97 Å². The molecule has 3 rings (SSSR count). The highest BCUT2D eigenvalue weighted by Gasteiger charge is 2.10. The molecule has 9 heteroatoms. The Balaban J connectivity index is 1.49. The number of ether oxygens (including phenoxy) is 1. The fraction of sp³-hybridized carbons (Fsp3) is 0.200. The van der Waals surface area contributed by atoms with Gasteiger partial charge in [-0.25, -0.2) is 4.79 Å². The van der Waals surface area contributed by atoms with E-state index in [1.807, 2.05) is 16.7 Å². The molecule has 0 spiro atoms. The highest BCUT2D eigenvalue weighted by molar-refractivity contribution is 7.99. The number of esters is 1. The van der Waals surface area contributed by atoms with Crippen molar-refractivity contribution in [2.45, 2.75) is 18.6 Å². The summed E-state index contributed by atoms with van der Waals surface area (Å²) in [5, 5.41) is 11.4. The van der Waals surface area contributed by atoms with Crippen molar-refractivity contribution < 1.29 is 18.7 Å². The molecule has 0 saturated heterocycles. The van der Waals surface area contributed by atoms with Crippen LogP contribution < -0.4 is 5.32 Å². The predicted molar refractivity (Wildman–Crippen MR) is 109 cm³/mol. The zero-order valence-corrected chi connectivity index (χ0v) is 16.6. The molecule has 0 aliphatic heterocycles. The first kappa shape index (κ1) is 20.4. The van der Waals surface area contributed by atoms with Crippen LogP contribution in [0.25, 0.3) is 6.08 Å². The van der Waals surface area contributed by atoms with Crippen molar-refractivity contribution >= 4 is 35.4 Å². The van der Waals surface area contributed by atoms with E-state index in [4.69, 9.17) is 9.15 Å². The van der Waals surface area contributed by atoms with Gasteiger partial charge in [-0.05, 0) is 42.8 Å². The first-order chi connectivity index (χ1) is 14.1. The molecule has 1 amide bonds. The minimum absolute atomic E-state index is 0.155. The number of anilines is 1. The van der Waals surface area contributed by atoms with E-state index in [0.29, 0.717) is 24.0 Å². The third kappa shape index (κ3) is 6.35. The van der Waals surface area contributed by atoms with Crippen molar-refractivity contribution in [2.24, 2.45) is 0 Å². The number of aromatic nitrogens is 3. The maximum absolute atomic E-state index is 12.2. The van der Waals surface area contributed by atoms with Crippen LogP contribution in [0.1, 0.15) is 18.2 Å². The van der Waals surface area contributed by atoms with E-state index in [1.54, 1.807) is 49.9 Å². The molecule has 3 aromatic rings. The number of thioether (sulfide) groups is 1. The quantitative estimate of drug-likeness (QED) is 0.327. The molecule has 29 heavy (non-hydrogen) atoms. The highest BCUT2D eigenvalue weighted by atomic mass is 32.2. The minimum atomic E-state index is -0.387. The molecule has 0 radical (unpaired) electrons. The molecule has 1 N–H and O–H groups in total. The molecule has 0 aliphatic carbocycles. The number of nitrogens with zero attached hydrogens (tertiary/aromatic N) is 3. The van der Waals surface area contributed by atoms with Crippen LogP contribution in [0.5, 0.6) is 0 Å². The van der Waals surface area contributed by atoms with Crippen molar-refractivity contribution in [3.63, 3.8) is 0 Å². The Labute approximate surface area is 172 Å². The number of nitrogens with one attached hydrogen (secondary N) is 1.